The highest BCUT2D eigenvalue weighted by Crippen LogP contribution is 2.36. The van der Waals surface area contributed by atoms with Crippen LogP contribution in [0.4, 0.5) is 0 Å². The van der Waals surface area contributed by atoms with E-state index >= 15 is 0 Å². The van der Waals surface area contributed by atoms with Gasteiger partial charge in [0.2, 0.25) is 0 Å². The molecule has 15 heavy (non-hydrogen) atoms. The lowest BCUT2D eigenvalue weighted by atomic mass is 10.1. The largest absolute Gasteiger partial charge is 0.478 e. The molecule has 0 aromatic heterocycles. The van der Waals surface area contributed by atoms with Gasteiger partial charge < -0.3 is 14.6 Å². The summed E-state index contributed by atoms with van der Waals surface area (Å²) >= 11 is 0. The van der Waals surface area contributed by atoms with E-state index in [4.69, 9.17) is 14.6 Å². The van der Waals surface area contributed by atoms with Gasteiger partial charge in [0.15, 0.2) is 5.79 Å². The van der Waals surface area contributed by atoms with E-state index in [9.17, 15) is 4.79 Å². The van der Waals surface area contributed by atoms with Crippen molar-refractivity contribution < 1.29 is 19.4 Å². The van der Waals surface area contributed by atoms with E-state index in [0.717, 1.165) is 37.7 Å². The standard InChI is InChI=1S/C11H16O4/c12-10(13)8-9-2-1-4-11(5-3-9)14-6-7-15-11/h8H,1-7H2,(H,12,13)/b9-8+. The molecule has 2 rings (SSSR count). The summed E-state index contributed by atoms with van der Waals surface area (Å²) in [6, 6.07) is 0. The van der Waals surface area contributed by atoms with Crippen molar-refractivity contribution in [2.24, 2.45) is 0 Å². The highest BCUT2D eigenvalue weighted by molar-refractivity contribution is 5.80. The molecule has 1 aliphatic heterocycles. The average molecular weight is 212 g/mol. The summed E-state index contributed by atoms with van der Waals surface area (Å²) in [5, 5.41) is 8.68. The minimum atomic E-state index is -0.853. The minimum absolute atomic E-state index is 0.409. The number of hydrogen-bond acceptors (Lipinski definition) is 3. The van der Waals surface area contributed by atoms with Crippen molar-refractivity contribution in [3.63, 3.8) is 0 Å². The summed E-state index contributed by atoms with van der Waals surface area (Å²) in [6.07, 6.45) is 5.55. The van der Waals surface area contributed by atoms with Crippen LogP contribution < -0.4 is 0 Å². The summed E-state index contributed by atoms with van der Waals surface area (Å²) in [6.45, 7) is 1.33. The van der Waals surface area contributed by atoms with Crippen LogP contribution in [0.3, 0.4) is 0 Å². The lowest BCUT2D eigenvalue weighted by Crippen LogP contribution is -2.28. The quantitative estimate of drug-likeness (QED) is 0.672. The molecule has 2 aliphatic rings. The third-order valence-electron chi connectivity index (χ3n) is 3.02. The van der Waals surface area contributed by atoms with Gasteiger partial charge in [0.05, 0.1) is 13.2 Å². The van der Waals surface area contributed by atoms with Crippen molar-refractivity contribution in [1.29, 1.82) is 0 Å². The third-order valence-corrected chi connectivity index (χ3v) is 3.02. The van der Waals surface area contributed by atoms with Crippen LogP contribution in [0.25, 0.3) is 0 Å². The molecule has 1 aliphatic carbocycles. The average Bonchev–Trinajstić information content (AvgIpc) is 2.53. The van der Waals surface area contributed by atoms with E-state index in [-0.39, 0.29) is 0 Å². The Bertz CT molecular complexity index is 276. The van der Waals surface area contributed by atoms with Gasteiger partial charge in [-0.3, -0.25) is 0 Å². The van der Waals surface area contributed by atoms with Crippen molar-refractivity contribution in [2.75, 3.05) is 13.2 Å². The summed E-state index contributed by atoms with van der Waals surface area (Å²) in [7, 11) is 0. The Morgan fingerprint density at radius 1 is 1.27 bits per heavy atom. The first-order chi connectivity index (χ1) is 7.20. The molecule has 0 aromatic carbocycles. The molecule has 0 unspecified atom stereocenters. The monoisotopic (exact) mass is 212 g/mol. The highest BCUT2D eigenvalue weighted by atomic mass is 16.7. The zero-order valence-corrected chi connectivity index (χ0v) is 8.70. The maximum atomic E-state index is 10.6. The topological polar surface area (TPSA) is 55.8 Å². The first-order valence-electron chi connectivity index (χ1n) is 5.40. The smallest absolute Gasteiger partial charge is 0.328 e. The fraction of sp³-hybridized carbons (Fsp3) is 0.727. The zero-order valence-electron chi connectivity index (χ0n) is 8.70. The number of hydrogen-bond donors (Lipinski definition) is 1. The normalized spacial score (nSPS) is 28.1. The molecule has 1 saturated carbocycles. The van der Waals surface area contributed by atoms with E-state index in [1.165, 1.54) is 6.08 Å². The van der Waals surface area contributed by atoms with E-state index in [0.29, 0.717) is 13.2 Å². The third kappa shape index (κ3) is 2.58. The van der Waals surface area contributed by atoms with Gasteiger partial charge in [-0.2, -0.15) is 0 Å². The molecular formula is C11H16O4. The number of ether oxygens (including phenoxy) is 2. The van der Waals surface area contributed by atoms with Crippen molar-refractivity contribution >= 4 is 5.97 Å². The number of rotatable bonds is 1. The Morgan fingerprint density at radius 3 is 2.67 bits per heavy atom. The van der Waals surface area contributed by atoms with Gasteiger partial charge in [-0.1, -0.05) is 5.57 Å². The van der Waals surface area contributed by atoms with Crippen LogP contribution in [0, 0.1) is 0 Å². The number of carboxylic acid groups (broad SMARTS) is 1. The van der Waals surface area contributed by atoms with Crippen LogP contribution in [-0.2, 0) is 14.3 Å². The fourth-order valence-corrected chi connectivity index (χ4v) is 2.29. The maximum Gasteiger partial charge on any atom is 0.328 e. The molecule has 2 fully saturated rings. The van der Waals surface area contributed by atoms with Crippen LogP contribution in [0.2, 0.25) is 0 Å². The SMILES string of the molecule is O=C(O)/C=C1\CCCC2(CC1)OCCO2. The van der Waals surface area contributed by atoms with Gasteiger partial charge in [-0.15, -0.1) is 0 Å². The van der Waals surface area contributed by atoms with Gasteiger partial charge in [-0.05, 0) is 19.3 Å². The van der Waals surface area contributed by atoms with Crippen molar-refractivity contribution in [3.8, 4) is 0 Å². The summed E-state index contributed by atoms with van der Waals surface area (Å²) < 4.78 is 11.2. The molecule has 1 heterocycles. The minimum Gasteiger partial charge on any atom is -0.478 e. The van der Waals surface area contributed by atoms with E-state index in [2.05, 4.69) is 0 Å². The molecule has 4 nitrogen and oxygen atoms in total. The summed E-state index contributed by atoms with van der Waals surface area (Å²) in [5.41, 5.74) is 0.999. The Kier molecular flexibility index (Phi) is 3.07. The van der Waals surface area contributed by atoms with Crippen molar-refractivity contribution in [3.05, 3.63) is 11.6 Å². The molecule has 1 saturated heterocycles. The first-order valence-corrected chi connectivity index (χ1v) is 5.40. The van der Waals surface area contributed by atoms with Gasteiger partial charge in [0.25, 0.3) is 0 Å². The van der Waals surface area contributed by atoms with Crippen LogP contribution in [0.15, 0.2) is 11.6 Å². The van der Waals surface area contributed by atoms with Gasteiger partial charge >= 0.3 is 5.97 Å². The highest BCUT2D eigenvalue weighted by Gasteiger charge is 2.37. The van der Waals surface area contributed by atoms with Gasteiger partial charge in [-0.25, -0.2) is 4.79 Å². The number of carboxylic acids is 1. The van der Waals surface area contributed by atoms with Crippen LogP contribution in [0.5, 0.6) is 0 Å². The molecule has 0 aromatic rings. The fourth-order valence-electron chi connectivity index (χ4n) is 2.29. The van der Waals surface area contributed by atoms with Crippen LogP contribution in [-0.4, -0.2) is 30.1 Å². The van der Waals surface area contributed by atoms with E-state index in [1.54, 1.807) is 0 Å². The second-order valence-electron chi connectivity index (χ2n) is 4.10. The van der Waals surface area contributed by atoms with E-state index < -0.39 is 11.8 Å². The lowest BCUT2D eigenvalue weighted by Gasteiger charge is -2.25. The molecule has 0 bridgehead atoms. The maximum absolute atomic E-state index is 10.6. The molecule has 0 amide bonds. The zero-order chi connectivity index (χ0) is 10.7. The van der Waals surface area contributed by atoms with Crippen molar-refractivity contribution in [2.45, 2.75) is 37.9 Å². The Balaban J connectivity index is 2.00. The molecule has 0 atom stereocenters. The van der Waals surface area contributed by atoms with Crippen LogP contribution >= 0.6 is 0 Å². The second kappa shape index (κ2) is 4.33. The number of aliphatic carboxylic acids is 1. The Morgan fingerprint density at radius 2 is 2.00 bits per heavy atom. The predicted octanol–water partition coefficient (Wildman–Crippen LogP) is 1.70. The van der Waals surface area contributed by atoms with Crippen molar-refractivity contribution in [1.82, 2.24) is 0 Å². The van der Waals surface area contributed by atoms with E-state index in [1.807, 2.05) is 0 Å². The Labute approximate surface area is 88.9 Å². The predicted molar refractivity (Wildman–Crippen MR) is 53.4 cm³/mol. The molecule has 1 N–H and O–H groups in total. The second-order valence-corrected chi connectivity index (χ2v) is 4.10. The summed E-state index contributed by atoms with van der Waals surface area (Å²) in [5.74, 6) is -1.26. The first kappa shape index (κ1) is 10.6. The van der Waals surface area contributed by atoms with Crippen LogP contribution in [0.1, 0.15) is 32.1 Å². The Hall–Kier alpha value is -0.870. The number of allylic oxidation sites excluding steroid dienone is 1. The molecular weight excluding hydrogens is 196 g/mol. The summed E-state index contributed by atoms with van der Waals surface area (Å²) in [4.78, 5) is 10.6. The molecule has 1 spiro atoms. The van der Waals surface area contributed by atoms with Gasteiger partial charge in [0, 0.05) is 18.9 Å². The van der Waals surface area contributed by atoms with Gasteiger partial charge in [0.1, 0.15) is 0 Å². The molecule has 4 heteroatoms. The number of carbonyl (C=O) groups is 1. The molecule has 84 valence electrons. The molecule has 0 radical (unpaired) electrons. The lowest BCUT2D eigenvalue weighted by molar-refractivity contribution is -0.164.